The van der Waals surface area contributed by atoms with Crippen molar-refractivity contribution >= 4 is 34.7 Å². The summed E-state index contributed by atoms with van der Waals surface area (Å²) in [6.45, 7) is 2.41. The number of anilines is 1. The number of nitrogens with zero attached hydrogens (tertiary/aromatic N) is 2. The Morgan fingerprint density at radius 1 is 1.32 bits per heavy atom. The van der Waals surface area contributed by atoms with Crippen molar-refractivity contribution in [2.24, 2.45) is 11.1 Å². The summed E-state index contributed by atoms with van der Waals surface area (Å²) in [5, 5.41) is 4.06. The van der Waals surface area contributed by atoms with Gasteiger partial charge in [0.1, 0.15) is 17.2 Å². The first kappa shape index (κ1) is 22.3. The van der Waals surface area contributed by atoms with E-state index in [9.17, 15) is 9.59 Å². The lowest BCUT2D eigenvalue weighted by molar-refractivity contribution is -0.128. The Bertz CT molecular complexity index is 1280. The standard InChI is InChI=1S/C27H30N4O3/c1-17-21-5-3-4-6-22(21)34-23(17)16-31(2)24(32)8-7-18-13-19-14-27(11-9-20(28)10-12-27)26(33)30-25(19)29-15-18/h3-8,13,15,20H,9-12,14,16,28H2,1-2H3,(H,29,30,33)/b8-7+. The molecular weight excluding hydrogens is 428 g/mol. The Morgan fingerprint density at radius 3 is 2.85 bits per heavy atom. The monoisotopic (exact) mass is 458 g/mol. The van der Waals surface area contributed by atoms with Crippen LogP contribution in [0.15, 0.2) is 47.0 Å². The van der Waals surface area contributed by atoms with E-state index in [0.717, 1.165) is 59.1 Å². The van der Waals surface area contributed by atoms with Gasteiger partial charge in [-0.15, -0.1) is 0 Å². The van der Waals surface area contributed by atoms with Crippen LogP contribution in [-0.2, 0) is 22.6 Å². The topological polar surface area (TPSA) is 101 Å². The van der Waals surface area contributed by atoms with Gasteiger partial charge in [-0.1, -0.05) is 18.2 Å². The molecule has 5 rings (SSSR count). The maximum Gasteiger partial charge on any atom is 0.246 e. The summed E-state index contributed by atoms with van der Waals surface area (Å²) >= 11 is 0. The second-order valence-corrected chi connectivity index (χ2v) is 9.70. The number of pyridine rings is 1. The number of hydrogen-bond acceptors (Lipinski definition) is 5. The largest absolute Gasteiger partial charge is 0.459 e. The summed E-state index contributed by atoms with van der Waals surface area (Å²) in [5.41, 5.74) is 9.39. The van der Waals surface area contributed by atoms with Crippen LogP contribution in [0.4, 0.5) is 5.82 Å². The minimum absolute atomic E-state index is 0.0559. The Labute approximate surface area is 199 Å². The van der Waals surface area contributed by atoms with Gasteiger partial charge in [0.25, 0.3) is 0 Å². The number of rotatable bonds is 4. The fourth-order valence-corrected chi connectivity index (χ4v) is 5.11. The van der Waals surface area contributed by atoms with Crippen LogP contribution in [-0.4, -0.2) is 34.8 Å². The van der Waals surface area contributed by atoms with Gasteiger partial charge in [-0.3, -0.25) is 9.59 Å². The molecule has 0 atom stereocenters. The van der Waals surface area contributed by atoms with E-state index >= 15 is 0 Å². The van der Waals surface area contributed by atoms with Crippen molar-refractivity contribution < 1.29 is 14.0 Å². The molecule has 1 aromatic carbocycles. The van der Waals surface area contributed by atoms with E-state index in [1.165, 1.54) is 0 Å². The Balaban J connectivity index is 1.28. The molecule has 1 spiro atoms. The highest BCUT2D eigenvalue weighted by Gasteiger charge is 2.44. The third kappa shape index (κ3) is 4.12. The lowest BCUT2D eigenvalue weighted by Gasteiger charge is -2.41. The quantitative estimate of drug-likeness (QED) is 0.571. The third-order valence-corrected chi connectivity index (χ3v) is 7.34. The first-order valence-corrected chi connectivity index (χ1v) is 11.8. The Hall–Kier alpha value is -3.45. The average molecular weight is 459 g/mol. The van der Waals surface area contributed by atoms with Crippen molar-refractivity contribution in [1.82, 2.24) is 9.88 Å². The summed E-state index contributed by atoms with van der Waals surface area (Å²) < 4.78 is 5.94. The van der Waals surface area contributed by atoms with Gasteiger partial charge in [0, 0.05) is 36.3 Å². The number of carbonyl (C=O) groups is 2. The fraction of sp³-hybridized carbons (Fsp3) is 0.370. The highest BCUT2D eigenvalue weighted by Crippen LogP contribution is 2.43. The maximum atomic E-state index is 12.8. The number of nitrogens with one attached hydrogen (secondary N) is 1. The van der Waals surface area contributed by atoms with Gasteiger partial charge in [-0.05, 0) is 68.4 Å². The van der Waals surface area contributed by atoms with E-state index in [1.54, 1.807) is 30.3 Å². The van der Waals surface area contributed by atoms with Crippen LogP contribution in [0, 0.1) is 12.3 Å². The highest BCUT2D eigenvalue weighted by molar-refractivity contribution is 5.98. The number of fused-ring (bicyclic) bond motifs is 2. The molecular formula is C27H30N4O3. The van der Waals surface area contributed by atoms with E-state index in [1.807, 2.05) is 37.3 Å². The molecule has 1 saturated carbocycles. The smallest absolute Gasteiger partial charge is 0.246 e. The Morgan fingerprint density at radius 2 is 2.09 bits per heavy atom. The van der Waals surface area contributed by atoms with Crippen LogP contribution in [0.3, 0.4) is 0 Å². The first-order chi connectivity index (χ1) is 16.3. The first-order valence-electron chi connectivity index (χ1n) is 11.8. The van der Waals surface area contributed by atoms with Crippen LogP contribution in [0.5, 0.6) is 0 Å². The molecule has 7 nitrogen and oxygen atoms in total. The summed E-state index contributed by atoms with van der Waals surface area (Å²) in [5.74, 6) is 1.34. The number of amides is 2. The summed E-state index contributed by atoms with van der Waals surface area (Å²) in [7, 11) is 1.76. The SMILES string of the molecule is Cc1c(CN(C)C(=O)/C=C/c2cnc3c(c2)CC2(CCC(N)CC2)C(=O)N3)oc2ccccc12. The van der Waals surface area contributed by atoms with E-state index < -0.39 is 5.41 Å². The number of aryl methyl sites for hydroxylation is 1. The number of likely N-dealkylation sites (N-methyl/N-ethyl adjacent to an activating group) is 1. The van der Waals surface area contributed by atoms with E-state index in [0.29, 0.717) is 18.8 Å². The van der Waals surface area contributed by atoms with Gasteiger partial charge in [-0.25, -0.2) is 4.98 Å². The molecule has 3 heterocycles. The van der Waals surface area contributed by atoms with Gasteiger partial charge < -0.3 is 20.4 Å². The van der Waals surface area contributed by atoms with Crippen LogP contribution in [0.25, 0.3) is 17.0 Å². The van der Waals surface area contributed by atoms with Gasteiger partial charge in [0.15, 0.2) is 0 Å². The molecule has 1 aliphatic carbocycles. The molecule has 3 aromatic rings. The van der Waals surface area contributed by atoms with Gasteiger partial charge in [-0.2, -0.15) is 0 Å². The molecule has 1 fully saturated rings. The van der Waals surface area contributed by atoms with E-state index in [2.05, 4.69) is 10.3 Å². The minimum atomic E-state index is -0.395. The minimum Gasteiger partial charge on any atom is -0.459 e. The molecule has 0 bridgehead atoms. The normalized spacial score (nSPS) is 22.2. The number of para-hydroxylation sites is 1. The van der Waals surface area contributed by atoms with Crippen LogP contribution in [0.1, 0.15) is 48.1 Å². The second kappa shape index (κ2) is 8.72. The average Bonchev–Trinajstić information content (AvgIpc) is 3.15. The third-order valence-electron chi connectivity index (χ3n) is 7.34. The molecule has 2 aliphatic rings. The highest BCUT2D eigenvalue weighted by atomic mass is 16.3. The second-order valence-electron chi connectivity index (χ2n) is 9.70. The fourth-order valence-electron chi connectivity index (χ4n) is 5.11. The van der Waals surface area contributed by atoms with Crippen LogP contribution in [0.2, 0.25) is 0 Å². The molecule has 0 saturated heterocycles. The number of benzene rings is 1. The molecule has 34 heavy (non-hydrogen) atoms. The predicted octanol–water partition coefficient (Wildman–Crippen LogP) is 4.19. The van der Waals surface area contributed by atoms with Gasteiger partial charge in [0.2, 0.25) is 11.8 Å². The summed E-state index contributed by atoms with van der Waals surface area (Å²) in [6, 6.07) is 10.1. The molecule has 3 N–H and O–H groups in total. The van der Waals surface area contributed by atoms with E-state index in [-0.39, 0.29) is 17.9 Å². The summed E-state index contributed by atoms with van der Waals surface area (Å²) in [6.07, 6.45) is 8.99. The lowest BCUT2D eigenvalue weighted by Crippen LogP contribution is -2.46. The van der Waals surface area contributed by atoms with Gasteiger partial charge >= 0.3 is 0 Å². The molecule has 2 aromatic heterocycles. The zero-order chi connectivity index (χ0) is 23.9. The lowest BCUT2D eigenvalue weighted by atomic mass is 9.67. The van der Waals surface area contributed by atoms with Gasteiger partial charge in [0.05, 0.1) is 12.0 Å². The number of carbonyl (C=O) groups excluding carboxylic acids is 2. The molecule has 176 valence electrons. The van der Waals surface area contributed by atoms with Crippen molar-refractivity contribution in [3.8, 4) is 0 Å². The van der Waals surface area contributed by atoms with Crippen LogP contribution < -0.4 is 11.1 Å². The maximum absolute atomic E-state index is 12.8. The number of hydrogen-bond donors (Lipinski definition) is 2. The molecule has 0 unspecified atom stereocenters. The predicted molar refractivity (Wildman–Crippen MR) is 132 cm³/mol. The van der Waals surface area contributed by atoms with Crippen molar-refractivity contribution in [3.05, 3.63) is 65.1 Å². The van der Waals surface area contributed by atoms with Crippen molar-refractivity contribution in [2.45, 2.75) is 51.6 Å². The summed E-state index contributed by atoms with van der Waals surface area (Å²) in [4.78, 5) is 31.6. The molecule has 2 amide bonds. The number of nitrogens with two attached hydrogens (primary N) is 1. The molecule has 1 aliphatic heterocycles. The van der Waals surface area contributed by atoms with E-state index in [4.69, 9.17) is 10.2 Å². The Kier molecular flexibility index (Phi) is 5.73. The van der Waals surface area contributed by atoms with Crippen LogP contribution >= 0.6 is 0 Å². The van der Waals surface area contributed by atoms with Crippen molar-refractivity contribution in [1.29, 1.82) is 0 Å². The van der Waals surface area contributed by atoms with Crippen molar-refractivity contribution in [3.63, 3.8) is 0 Å². The number of aromatic nitrogens is 1. The molecule has 7 heteroatoms. The molecule has 0 radical (unpaired) electrons. The zero-order valence-corrected chi connectivity index (χ0v) is 19.6. The number of furan rings is 1. The zero-order valence-electron chi connectivity index (χ0n) is 19.6. The van der Waals surface area contributed by atoms with Crippen molar-refractivity contribution in [2.75, 3.05) is 12.4 Å².